The third-order valence-corrected chi connectivity index (χ3v) is 6.58. The van der Waals surface area contributed by atoms with Gasteiger partial charge in [-0.1, -0.05) is 25.1 Å². The van der Waals surface area contributed by atoms with Gasteiger partial charge in [-0.05, 0) is 78.6 Å². The molecule has 2 heterocycles. The van der Waals surface area contributed by atoms with Crippen molar-refractivity contribution < 1.29 is 9.90 Å². The number of aliphatic hydroxyl groups is 1. The molecule has 0 radical (unpaired) electrons. The molecule has 5 heteroatoms. The summed E-state index contributed by atoms with van der Waals surface area (Å²) >= 11 is 0. The number of benzene rings is 2. The first kappa shape index (κ1) is 19.1. The Hall–Kier alpha value is -2.92. The summed E-state index contributed by atoms with van der Waals surface area (Å²) in [6.45, 7) is 2.79. The van der Waals surface area contributed by atoms with Gasteiger partial charge in [-0.15, -0.1) is 0 Å². The summed E-state index contributed by atoms with van der Waals surface area (Å²) in [6.07, 6.45) is 7.75. The Kier molecular flexibility index (Phi) is 4.91. The number of carbonyl (C=O) groups is 1. The van der Waals surface area contributed by atoms with E-state index < -0.39 is 0 Å². The topological polar surface area (TPSA) is 58.4 Å². The van der Waals surface area contributed by atoms with Crippen LogP contribution in [0.1, 0.15) is 58.8 Å². The lowest BCUT2D eigenvalue weighted by atomic mass is 9.93. The van der Waals surface area contributed by atoms with Crippen LogP contribution >= 0.6 is 0 Å². The third-order valence-electron chi connectivity index (χ3n) is 6.58. The van der Waals surface area contributed by atoms with E-state index in [1.165, 1.54) is 16.7 Å². The molecule has 0 spiro atoms. The number of aromatic nitrogens is 2. The van der Waals surface area contributed by atoms with Crippen LogP contribution in [0.4, 0.5) is 0 Å². The van der Waals surface area contributed by atoms with Gasteiger partial charge in [-0.3, -0.25) is 4.79 Å². The number of hydrogen-bond donors (Lipinski definition) is 1. The summed E-state index contributed by atoms with van der Waals surface area (Å²) < 4.78 is 1.85. The Morgan fingerprint density at radius 1 is 1.13 bits per heavy atom. The van der Waals surface area contributed by atoms with E-state index in [-0.39, 0.29) is 18.1 Å². The van der Waals surface area contributed by atoms with Gasteiger partial charge in [0.1, 0.15) is 0 Å². The van der Waals surface area contributed by atoms with E-state index >= 15 is 0 Å². The Morgan fingerprint density at radius 3 is 2.63 bits per heavy atom. The molecule has 1 aliphatic heterocycles. The number of carbonyl (C=O) groups excluding carboxylic acids is 1. The van der Waals surface area contributed by atoms with Crippen molar-refractivity contribution in [1.29, 1.82) is 0 Å². The quantitative estimate of drug-likeness (QED) is 0.706. The lowest BCUT2D eigenvalue weighted by molar-refractivity contribution is 0.0479. The lowest BCUT2D eigenvalue weighted by Crippen LogP contribution is -2.40. The number of aryl methyl sites for hydroxylation is 1. The van der Waals surface area contributed by atoms with E-state index in [0.29, 0.717) is 6.54 Å². The normalized spacial score (nSPS) is 20.7. The molecule has 2 aliphatic rings. The van der Waals surface area contributed by atoms with Gasteiger partial charge in [-0.25, -0.2) is 4.68 Å². The maximum atomic E-state index is 13.1. The lowest BCUT2D eigenvalue weighted by Gasteiger charge is -2.26. The second-order valence-electron chi connectivity index (χ2n) is 8.42. The van der Waals surface area contributed by atoms with Crippen LogP contribution in [0.25, 0.3) is 5.69 Å². The van der Waals surface area contributed by atoms with E-state index in [4.69, 9.17) is 0 Å². The molecule has 1 aromatic heterocycles. The molecule has 3 aromatic rings. The van der Waals surface area contributed by atoms with Crippen LogP contribution in [0.5, 0.6) is 0 Å². The zero-order valence-corrected chi connectivity index (χ0v) is 17.3. The van der Waals surface area contributed by atoms with Crippen LogP contribution in [0.2, 0.25) is 0 Å². The minimum Gasteiger partial charge on any atom is -0.391 e. The molecule has 1 saturated carbocycles. The highest BCUT2D eigenvalue weighted by Gasteiger charge is 2.38. The van der Waals surface area contributed by atoms with Crippen molar-refractivity contribution in [1.82, 2.24) is 14.7 Å². The van der Waals surface area contributed by atoms with Gasteiger partial charge in [0.2, 0.25) is 0 Å². The van der Waals surface area contributed by atoms with Crippen molar-refractivity contribution in [2.24, 2.45) is 0 Å². The van der Waals surface area contributed by atoms with Crippen LogP contribution in [-0.2, 0) is 19.4 Å². The fourth-order valence-electron chi connectivity index (χ4n) is 4.93. The zero-order chi connectivity index (χ0) is 20.7. The second kappa shape index (κ2) is 7.73. The monoisotopic (exact) mass is 401 g/mol. The van der Waals surface area contributed by atoms with Gasteiger partial charge < -0.3 is 10.0 Å². The van der Waals surface area contributed by atoms with Crippen molar-refractivity contribution in [3.05, 3.63) is 82.7 Å². The summed E-state index contributed by atoms with van der Waals surface area (Å²) in [5.74, 6) is 0.0777. The van der Waals surface area contributed by atoms with Crippen molar-refractivity contribution >= 4 is 5.91 Å². The van der Waals surface area contributed by atoms with E-state index in [2.05, 4.69) is 48.4 Å². The fraction of sp³-hybridized carbons (Fsp3) is 0.360. The fourth-order valence-corrected chi connectivity index (χ4v) is 4.93. The van der Waals surface area contributed by atoms with Crippen molar-refractivity contribution in [3.8, 4) is 5.69 Å². The van der Waals surface area contributed by atoms with Gasteiger partial charge in [0.05, 0.1) is 17.8 Å². The summed E-state index contributed by atoms with van der Waals surface area (Å²) in [6, 6.07) is 14.6. The molecule has 30 heavy (non-hydrogen) atoms. The largest absolute Gasteiger partial charge is 0.391 e. The Balaban J connectivity index is 1.40. The first-order valence-electron chi connectivity index (χ1n) is 10.9. The van der Waals surface area contributed by atoms with E-state index in [0.717, 1.165) is 48.9 Å². The van der Waals surface area contributed by atoms with Gasteiger partial charge in [0.25, 0.3) is 5.91 Å². The molecule has 1 N–H and O–H groups in total. The maximum Gasteiger partial charge on any atom is 0.254 e. The smallest absolute Gasteiger partial charge is 0.254 e. The van der Waals surface area contributed by atoms with Crippen LogP contribution in [0.3, 0.4) is 0 Å². The SMILES string of the molecule is CCc1cc2c(cc1Cc1ccc(-n3cccn3)cc1)C(=O)N([C@H]1CCC[C@@H]1O)C2. The van der Waals surface area contributed by atoms with E-state index in [9.17, 15) is 9.90 Å². The zero-order valence-electron chi connectivity index (χ0n) is 17.3. The number of amides is 1. The van der Waals surface area contributed by atoms with Crippen LogP contribution in [0, 0.1) is 0 Å². The van der Waals surface area contributed by atoms with Gasteiger partial charge >= 0.3 is 0 Å². The second-order valence-corrected chi connectivity index (χ2v) is 8.42. The minimum absolute atomic E-state index is 0.0340. The summed E-state index contributed by atoms with van der Waals surface area (Å²) in [7, 11) is 0. The molecule has 2 aromatic carbocycles. The number of fused-ring (bicyclic) bond motifs is 1. The molecule has 154 valence electrons. The summed E-state index contributed by atoms with van der Waals surface area (Å²) in [5, 5.41) is 14.6. The molecule has 0 saturated heterocycles. The Labute approximate surface area is 177 Å². The predicted molar refractivity (Wildman–Crippen MR) is 116 cm³/mol. The van der Waals surface area contributed by atoms with Gasteiger partial charge in [0, 0.05) is 24.5 Å². The Bertz CT molecular complexity index is 1060. The third kappa shape index (κ3) is 3.33. The first-order chi connectivity index (χ1) is 14.6. The van der Waals surface area contributed by atoms with Crippen molar-refractivity contribution in [3.63, 3.8) is 0 Å². The number of nitrogens with zero attached hydrogens (tertiary/aromatic N) is 3. The highest BCUT2D eigenvalue weighted by atomic mass is 16.3. The first-order valence-corrected chi connectivity index (χ1v) is 10.9. The molecular formula is C25H27N3O2. The molecule has 0 unspecified atom stereocenters. The predicted octanol–water partition coefficient (Wildman–Crippen LogP) is 3.89. The standard InChI is InChI=1S/C25H27N3O2/c1-2-18-14-20-16-27(23-5-3-6-24(23)29)25(30)22(20)15-19(18)13-17-7-9-21(10-8-17)28-12-4-11-26-28/h4,7-12,14-15,23-24,29H,2-3,5-6,13,16H2,1H3/t23-,24-/m0/s1. The number of hydrogen-bond acceptors (Lipinski definition) is 3. The Morgan fingerprint density at radius 2 is 1.97 bits per heavy atom. The summed E-state index contributed by atoms with van der Waals surface area (Å²) in [4.78, 5) is 15.0. The van der Waals surface area contributed by atoms with Crippen LogP contribution < -0.4 is 0 Å². The molecular weight excluding hydrogens is 374 g/mol. The average molecular weight is 402 g/mol. The molecule has 2 atom stereocenters. The van der Waals surface area contributed by atoms with Gasteiger partial charge in [-0.2, -0.15) is 5.10 Å². The van der Waals surface area contributed by atoms with Crippen molar-refractivity contribution in [2.45, 2.75) is 57.7 Å². The van der Waals surface area contributed by atoms with Crippen LogP contribution in [-0.4, -0.2) is 37.8 Å². The van der Waals surface area contributed by atoms with E-state index in [1.54, 1.807) is 6.20 Å². The minimum atomic E-state index is -0.387. The number of rotatable bonds is 5. The highest BCUT2D eigenvalue weighted by molar-refractivity contribution is 5.99. The maximum absolute atomic E-state index is 13.1. The molecule has 1 amide bonds. The molecule has 1 aliphatic carbocycles. The highest BCUT2D eigenvalue weighted by Crippen LogP contribution is 2.34. The van der Waals surface area contributed by atoms with Crippen LogP contribution in [0.15, 0.2) is 54.9 Å². The molecule has 0 bridgehead atoms. The van der Waals surface area contributed by atoms with E-state index in [1.807, 2.05) is 21.8 Å². The summed E-state index contributed by atoms with van der Waals surface area (Å²) in [5.41, 5.74) is 6.68. The molecule has 5 nitrogen and oxygen atoms in total. The average Bonchev–Trinajstić information content (AvgIpc) is 3.50. The number of aliphatic hydroxyl groups excluding tert-OH is 1. The molecule has 1 fully saturated rings. The molecule has 5 rings (SSSR count). The van der Waals surface area contributed by atoms with Crippen molar-refractivity contribution in [2.75, 3.05) is 0 Å². The van der Waals surface area contributed by atoms with Gasteiger partial charge in [0.15, 0.2) is 0 Å².